The predicted molar refractivity (Wildman–Crippen MR) is 102 cm³/mol. The van der Waals surface area contributed by atoms with Crippen molar-refractivity contribution in [2.24, 2.45) is 17.3 Å². The maximum Gasteiger partial charge on any atom is 0.312 e. The van der Waals surface area contributed by atoms with Gasteiger partial charge in [-0.05, 0) is 37.2 Å². The first kappa shape index (κ1) is 20.7. The topological polar surface area (TPSA) is 26.3 Å². The zero-order valence-corrected chi connectivity index (χ0v) is 16.3. The minimum Gasteiger partial charge on any atom is -0.460 e. The fourth-order valence-corrected chi connectivity index (χ4v) is 3.52. The molecule has 0 aliphatic rings. The van der Waals surface area contributed by atoms with E-state index in [1.165, 1.54) is 25.7 Å². The molecule has 0 aromatic heterocycles. The third-order valence-corrected chi connectivity index (χ3v) is 5.31. The summed E-state index contributed by atoms with van der Waals surface area (Å²) in [6.07, 6.45) is 6.68. The van der Waals surface area contributed by atoms with Crippen LogP contribution >= 0.6 is 0 Å². The van der Waals surface area contributed by atoms with E-state index in [9.17, 15) is 4.79 Å². The summed E-state index contributed by atoms with van der Waals surface area (Å²) >= 11 is 0. The van der Waals surface area contributed by atoms with Crippen LogP contribution in [0.25, 0.3) is 0 Å². The molecule has 0 radical (unpaired) electrons. The van der Waals surface area contributed by atoms with Gasteiger partial charge in [0.15, 0.2) is 0 Å². The van der Waals surface area contributed by atoms with E-state index in [1.54, 1.807) is 0 Å². The highest BCUT2D eigenvalue weighted by Crippen LogP contribution is 2.39. The lowest BCUT2D eigenvalue weighted by Crippen LogP contribution is -2.38. The molecule has 136 valence electrons. The number of esters is 1. The van der Waals surface area contributed by atoms with E-state index in [1.807, 2.05) is 30.3 Å². The average Bonchev–Trinajstić information content (AvgIpc) is 2.58. The summed E-state index contributed by atoms with van der Waals surface area (Å²) in [5.74, 6) is 0.867. The number of benzene rings is 1. The molecule has 0 fully saturated rings. The van der Waals surface area contributed by atoms with E-state index in [2.05, 4.69) is 34.6 Å². The normalized spacial score (nSPS) is 16.2. The number of hydrogen-bond donors (Lipinski definition) is 0. The van der Waals surface area contributed by atoms with Crippen LogP contribution in [0.1, 0.15) is 78.7 Å². The Hall–Kier alpha value is -1.31. The van der Waals surface area contributed by atoms with Crippen LogP contribution in [0.5, 0.6) is 0 Å². The van der Waals surface area contributed by atoms with Crippen LogP contribution in [0.15, 0.2) is 30.3 Å². The van der Waals surface area contributed by atoms with Gasteiger partial charge >= 0.3 is 5.97 Å². The minimum atomic E-state index is -0.390. The highest BCUT2D eigenvalue weighted by molar-refractivity contribution is 5.76. The summed E-state index contributed by atoms with van der Waals surface area (Å²) in [5.41, 5.74) is 0.662. The monoisotopic (exact) mass is 332 g/mol. The van der Waals surface area contributed by atoms with Gasteiger partial charge in [0.25, 0.3) is 0 Å². The summed E-state index contributed by atoms with van der Waals surface area (Å²) in [5, 5.41) is 0. The Morgan fingerprint density at radius 3 is 2.33 bits per heavy atom. The largest absolute Gasteiger partial charge is 0.460 e. The SMILES string of the molecule is CCCCC(C)C(C)(CC(C)CCC)C(=O)OCc1ccccc1. The van der Waals surface area contributed by atoms with Gasteiger partial charge in [0.1, 0.15) is 6.61 Å². The van der Waals surface area contributed by atoms with Crippen molar-refractivity contribution in [1.29, 1.82) is 0 Å². The molecular weight excluding hydrogens is 296 g/mol. The van der Waals surface area contributed by atoms with E-state index >= 15 is 0 Å². The van der Waals surface area contributed by atoms with Gasteiger partial charge in [0.05, 0.1) is 5.41 Å². The quantitative estimate of drug-likeness (QED) is 0.439. The molecule has 1 rings (SSSR count). The van der Waals surface area contributed by atoms with Crippen molar-refractivity contribution in [3.63, 3.8) is 0 Å². The van der Waals surface area contributed by atoms with Crippen molar-refractivity contribution in [3.05, 3.63) is 35.9 Å². The van der Waals surface area contributed by atoms with Gasteiger partial charge < -0.3 is 4.74 Å². The van der Waals surface area contributed by atoms with Gasteiger partial charge in [-0.1, -0.05) is 83.7 Å². The van der Waals surface area contributed by atoms with Crippen LogP contribution in [0.2, 0.25) is 0 Å². The third kappa shape index (κ3) is 6.30. The van der Waals surface area contributed by atoms with Crippen molar-refractivity contribution in [2.45, 2.75) is 79.8 Å². The first-order chi connectivity index (χ1) is 11.4. The lowest BCUT2D eigenvalue weighted by Gasteiger charge is -2.35. The molecule has 0 saturated carbocycles. The Kier molecular flexibility index (Phi) is 9.10. The highest BCUT2D eigenvalue weighted by atomic mass is 16.5. The second-order valence-corrected chi connectivity index (χ2v) is 7.62. The average molecular weight is 333 g/mol. The summed E-state index contributed by atoms with van der Waals surface area (Å²) in [4.78, 5) is 13.0. The molecule has 3 unspecified atom stereocenters. The van der Waals surface area contributed by atoms with Gasteiger partial charge in [-0.25, -0.2) is 0 Å². The first-order valence-electron chi connectivity index (χ1n) is 9.65. The standard InChI is InChI=1S/C22H36O2/c1-6-8-13-19(4)22(5,16-18(3)12-7-2)21(23)24-17-20-14-10-9-11-15-20/h9-11,14-15,18-19H,6-8,12-13,16-17H2,1-5H3. The maximum absolute atomic E-state index is 13.0. The Bertz CT molecular complexity index is 468. The van der Waals surface area contributed by atoms with E-state index in [4.69, 9.17) is 4.74 Å². The zero-order chi connectivity index (χ0) is 18.0. The summed E-state index contributed by atoms with van der Waals surface area (Å²) in [6.45, 7) is 11.4. The second-order valence-electron chi connectivity index (χ2n) is 7.62. The minimum absolute atomic E-state index is 0.0297. The number of unbranched alkanes of at least 4 members (excludes halogenated alkanes) is 1. The number of hydrogen-bond acceptors (Lipinski definition) is 2. The van der Waals surface area contributed by atoms with E-state index in [0.717, 1.165) is 18.4 Å². The van der Waals surface area contributed by atoms with Crippen molar-refractivity contribution in [1.82, 2.24) is 0 Å². The van der Waals surface area contributed by atoms with Crippen LogP contribution in [-0.4, -0.2) is 5.97 Å². The smallest absolute Gasteiger partial charge is 0.312 e. The van der Waals surface area contributed by atoms with Crippen LogP contribution in [0.4, 0.5) is 0 Å². The maximum atomic E-state index is 13.0. The third-order valence-electron chi connectivity index (χ3n) is 5.31. The van der Waals surface area contributed by atoms with Crippen LogP contribution < -0.4 is 0 Å². The van der Waals surface area contributed by atoms with Crippen molar-refractivity contribution >= 4 is 5.97 Å². The second kappa shape index (κ2) is 10.5. The molecule has 0 heterocycles. The summed E-state index contributed by atoms with van der Waals surface area (Å²) < 4.78 is 5.73. The number of ether oxygens (including phenoxy) is 1. The van der Waals surface area contributed by atoms with Crippen LogP contribution in [0.3, 0.4) is 0 Å². The Labute approximate surface area is 149 Å². The molecule has 0 aliphatic heterocycles. The Morgan fingerprint density at radius 2 is 1.75 bits per heavy atom. The molecule has 0 N–H and O–H groups in total. The molecular formula is C22H36O2. The lowest BCUT2D eigenvalue weighted by atomic mass is 9.70. The van der Waals surface area contributed by atoms with Gasteiger partial charge in [-0.2, -0.15) is 0 Å². The number of rotatable bonds is 11. The molecule has 0 saturated heterocycles. The van der Waals surface area contributed by atoms with E-state index < -0.39 is 5.41 Å². The predicted octanol–water partition coefficient (Wildman–Crippen LogP) is 6.39. The Morgan fingerprint density at radius 1 is 1.08 bits per heavy atom. The lowest BCUT2D eigenvalue weighted by molar-refractivity contribution is -0.161. The fourth-order valence-electron chi connectivity index (χ4n) is 3.52. The first-order valence-corrected chi connectivity index (χ1v) is 9.65. The molecule has 0 spiro atoms. The number of carbonyl (C=O) groups is 1. The fraction of sp³-hybridized carbons (Fsp3) is 0.682. The molecule has 24 heavy (non-hydrogen) atoms. The van der Waals surface area contributed by atoms with Gasteiger partial charge in [-0.15, -0.1) is 0 Å². The molecule has 1 aromatic rings. The number of carbonyl (C=O) groups excluding carboxylic acids is 1. The molecule has 1 aromatic carbocycles. The van der Waals surface area contributed by atoms with Gasteiger partial charge in [0.2, 0.25) is 0 Å². The van der Waals surface area contributed by atoms with E-state index in [0.29, 0.717) is 18.4 Å². The van der Waals surface area contributed by atoms with Crippen molar-refractivity contribution < 1.29 is 9.53 Å². The van der Waals surface area contributed by atoms with Gasteiger partial charge in [-0.3, -0.25) is 4.79 Å². The summed E-state index contributed by atoms with van der Waals surface area (Å²) in [6, 6.07) is 9.95. The molecule has 2 heteroatoms. The molecule has 0 amide bonds. The summed E-state index contributed by atoms with van der Waals surface area (Å²) in [7, 11) is 0. The van der Waals surface area contributed by atoms with E-state index in [-0.39, 0.29) is 5.97 Å². The van der Waals surface area contributed by atoms with Gasteiger partial charge in [0, 0.05) is 0 Å². The molecule has 3 atom stereocenters. The van der Waals surface area contributed by atoms with Crippen LogP contribution in [-0.2, 0) is 16.1 Å². The highest BCUT2D eigenvalue weighted by Gasteiger charge is 2.40. The van der Waals surface area contributed by atoms with Crippen molar-refractivity contribution in [2.75, 3.05) is 0 Å². The van der Waals surface area contributed by atoms with Crippen molar-refractivity contribution in [3.8, 4) is 0 Å². The zero-order valence-electron chi connectivity index (χ0n) is 16.3. The Balaban J connectivity index is 2.79. The molecule has 0 bridgehead atoms. The molecule has 2 nitrogen and oxygen atoms in total. The van der Waals surface area contributed by atoms with Crippen LogP contribution in [0, 0.1) is 17.3 Å². The molecule has 0 aliphatic carbocycles.